The van der Waals surface area contributed by atoms with Crippen molar-refractivity contribution in [3.05, 3.63) is 47.5 Å². The van der Waals surface area contributed by atoms with Crippen LogP contribution in [-0.4, -0.2) is 16.8 Å². The largest absolute Gasteiger partial charge is 0.316 e. The minimum absolute atomic E-state index is 0.240. The first-order chi connectivity index (χ1) is 7.69. The van der Waals surface area contributed by atoms with Gasteiger partial charge in [-0.3, -0.25) is 0 Å². The lowest BCUT2D eigenvalue weighted by Crippen LogP contribution is -2.06. The van der Waals surface area contributed by atoms with Gasteiger partial charge in [-0.2, -0.15) is 5.10 Å². The van der Waals surface area contributed by atoms with E-state index in [1.54, 1.807) is 10.9 Å². The van der Waals surface area contributed by atoms with Gasteiger partial charge in [-0.25, -0.2) is 9.07 Å². The van der Waals surface area contributed by atoms with E-state index in [4.69, 9.17) is 0 Å². The maximum atomic E-state index is 13.4. The van der Waals surface area contributed by atoms with Gasteiger partial charge in [0.05, 0.1) is 11.9 Å². The van der Waals surface area contributed by atoms with Gasteiger partial charge in [0.15, 0.2) is 0 Å². The second-order valence-electron chi connectivity index (χ2n) is 3.81. The van der Waals surface area contributed by atoms with E-state index in [0.717, 1.165) is 16.8 Å². The van der Waals surface area contributed by atoms with Crippen LogP contribution in [-0.2, 0) is 6.54 Å². The Labute approximate surface area is 93.9 Å². The second kappa shape index (κ2) is 4.45. The molecule has 0 amide bonds. The highest BCUT2D eigenvalue weighted by atomic mass is 19.1. The van der Waals surface area contributed by atoms with E-state index >= 15 is 0 Å². The van der Waals surface area contributed by atoms with Gasteiger partial charge in [-0.05, 0) is 43.3 Å². The summed E-state index contributed by atoms with van der Waals surface area (Å²) in [6.07, 6.45) is 3.63. The molecule has 1 aromatic carbocycles. The molecule has 16 heavy (non-hydrogen) atoms. The molecule has 1 aromatic heterocycles. The van der Waals surface area contributed by atoms with Crippen LogP contribution in [0.15, 0.2) is 30.6 Å². The molecule has 3 nitrogen and oxygen atoms in total. The Morgan fingerprint density at radius 2 is 2.19 bits per heavy atom. The van der Waals surface area contributed by atoms with Crippen molar-refractivity contribution in [2.24, 2.45) is 0 Å². The first kappa shape index (κ1) is 10.8. The Morgan fingerprint density at radius 3 is 2.81 bits per heavy atom. The maximum Gasteiger partial charge on any atom is 0.125 e. The van der Waals surface area contributed by atoms with Crippen LogP contribution < -0.4 is 5.32 Å². The van der Waals surface area contributed by atoms with Gasteiger partial charge in [0.1, 0.15) is 5.82 Å². The van der Waals surface area contributed by atoms with E-state index in [0.29, 0.717) is 6.54 Å². The Morgan fingerprint density at radius 1 is 1.38 bits per heavy atom. The minimum atomic E-state index is -0.240. The van der Waals surface area contributed by atoms with Crippen LogP contribution in [0.5, 0.6) is 0 Å². The molecule has 4 heteroatoms. The highest BCUT2D eigenvalue weighted by Crippen LogP contribution is 2.13. The Kier molecular flexibility index (Phi) is 3.01. The lowest BCUT2D eigenvalue weighted by Gasteiger charge is -2.05. The zero-order valence-electron chi connectivity index (χ0n) is 9.37. The van der Waals surface area contributed by atoms with Crippen molar-refractivity contribution in [3.8, 4) is 5.69 Å². The zero-order valence-corrected chi connectivity index (χ0v) is 9.37. The number of halogens is 1. The van der Waals surface area contributed by atoms with Crippen LogP contribution in [0.4, 0.5) is 4.39 Å². The standard InChI is InChI=1S/C12H14FN3/c1-9-6-15-16(8-9)12-4-10(7-14-2)3-11(13)5-12/h3-6,8,14H,7H2,1-2H3. The molecule has 0 fully saturated rings. The Bertz CT molecular complexity index is 491. The normalized spacial score (nSPS) is 10.7. The van der Waals surface area contributed by atoms with Crippen LogP contribution in [0, 0.1) is 12.7 Å². The number of nitrogens with one attached hydrogen (secondary N) is 1. The van der Waals surface area contributed by atoms with Crippen LogP contribution >= 0.6 is 0 Å². The predicted octanol–water partition coefficient (Wildman–Crippen LogP) is 2.04. The summed E-state index contributed by atoms with van der Waals surface area (Å²) in [5, 5.41) is 7.16. The van der Waals surface area contributed by atoms with Crippen molar-refractivity contribution >= 4 is 0 Å². The van der Waals surface area contributed by atoms with Gasteiger partial charge < -0.3 is 5.32 Å². The predicted molar refractivity (Wildman–Crippen MR) is 61.0 cm³/mol. The van der Waals surface area contributed by atoms with Crippen molar-refractivity contribution in [1.29, 1.82) is 0 Å². The van der Waals surface area contributed by atoms with E-state index < -0.39 is 0 Å². The van der Waals surface area contributed by atoms with Gasteiger partial charge in [-0.15, -0.1) is 0 Å². The molecule has 0 bridgehead atoms. The van der Waals surface area contributed by atoms with Gasteiger partial charge in [0.2, 0.25) is 0 Å². The second-order valence-corrected chi connectivity index (χ2v) is 3.81. The summed E-state index contributed by atoms with van der Waals surface area (Å²) in [4.78, 5) is 0. The number of nitrogens with zero attached hydrogens (tertiary/aromatic N) is 2. The Balaban J connectivity index is 2.40. The third-order valence-electron chi connectivity index (χ3n) is 2.30. The third-order valence-corrected chi connectivity index (χ3v) is 2.30. The fraction of sp³-hybridized carbons (Fsp3) is 0.250. The summed E-state index contributed by atoms with van der Waals surface area (Å²) in [5.41, 5.74) is 2.71. The van der Waals surface area contributed by atoms with Crippen molar-refractivity contribution in [2.75, 3.05) is 7.05 Å². The lowest BCUT2D eigenvalue weighted by molar-refractivity contribution is 0.621. The van der Waals surface area contributed by atoms with Crippen LogP contribution in [0.1, 0.15) is 11.1 Å². The monoisotopic (exact) mass is 219 g/mol. The molecule has 2 aromatic rings. The third kappa shape index (κ3) is 2.28. The molecule has 0 spiro atoms. The highest BCUT2D eigenvalue weighted by molar-refractivity contribution is 5.36. The first-order valence-corrected chi connectivity index (χ1v) is 5.15. The molecule has 0 radical (unpaired) electrons. The molecule has 0 saturated carbocycles. The number of benzene rings is 1. The van der Waals surface area contributed by atoms with Crippen LogP contribution in [0.2, 0.25) is 0 Å². The van der Waals surface area contributed by atoms with Gasteiger partial charge >= 0.3 is 0 Å². The van der Waals surface area contributed by atoms with E-state index in [1.807, 2.05) is 26.2 Å². The summed E-state index contributed by atoms with van der Waals surface area (Å²) >= 11 is 0. The summed E-state index contributed by atoms with van der Waals surface area (Å²) in [6, 6.07) is 4.92. The number of aromatic nitrogens is 2. The average molecular weight is 219 g/mol. The smallest absolute Gasteiger partial charge is 0.125 e. The first-order valence-electron chi connectivity index (χ1n) is 5.15. The fourth-order valence-corrected chi connectivity index (χ4v) is 1.63. The van der Waals surface area contributed by atoms with Crippen LogP contribution in [0.25, 0.3) is 5.69 Å². The summed E-state index contributed by atoms with van der Waals surface area (Å²) in [5.74, 6) is -0.240. The number of hydrogen-bond acceptors (Lipinski definition) is 2. The maximum absolute atomic E-state index is 13.4. The van der Waals surface area contributed by atoms with Crippen molar-refractivity contribution in [3.63, 3.8) is 0 Å². The molecule has 0 aliphatic heterocycles. The average Bonchev–Trinajstić information content (AvgIpc) is 2.64. The van der Waals surface area contributed by atoms with Crippen molar-refractivity contribution in [2.45, 2.75) is 13.5 Å². The van der Waals surface area contributed by atoms with Crippen molar-refractivity contribution in [1.82, 2.24) is 15.1 Å². The molecule has 1 N–H and O–H groups in total. The topological polar surface area (TPSA) is 29.9 Å². The zero-order chi connectivity index (χ0) is 11.5. The summed E-state index contributed by atoms with van der Waals surface area (Å²) in [6.45, 7) is 2.60. The molecule has 0 unspecified atom stereocenters. The molecule has 0 atom stereocenters. The van der Waals surface area contributed by atoms with Gasteiger partial charge in [0.25, 0.3) is 0 Å². The van der Waals surface area contributed by atoms with E-state index in [2.05, 4.69) is 10.4 Å². The van der Waals surface area contributed by atoms with E-state index in [1.165, 1.54) is 12.1 Å². The van der Waals surface area contributed by atoms with E-state index in [9.17, 15) is 4.39 Å². The lowest BCUT2D eigenvalue weighted by atomic mass is 10.2. The number of hydrogen-bond donors (Lipinski definition) is 1. The molecule has 0 saturated heterocycles. The number of aryl methyl sites for hydroxylation is 1. The fourth-order valence-electron chi connectivity index (χ4n) is 1.63. The van der Waals surface area contributed by atoms with Gasteiger partial charge in [-0.1, -0.05) is 0 Å². The molecule has 1 heterocycles. The van der Waals surface area contributed by atoms with Crippen LogP contribution in [0.3, 0.4) is 0 Å². The quantitative estimate of drug-likeness (QED) is 0.856. The molecule has 2 rings (SSSR count). The van der Waals surface area contributed by atoms with E-state index in [-0.39, 0.29) is 5.82 Å². The molecular weight excluding hydrogens is 205 g/mol. The minimum Gasteiger partial charge on any atom is -0.316 e. The SMILES string of the molecule is CNCc1cc(F)cc(-n2cc(C)cn2)c1. The molecule has 0 aliphatic rings. The molecule has 0 aliphatic carbocycles. The molecule has 84 valence electrons. The summed E-state index contributed by atoms with van der Waals surface area (Å²) in [7, 11) is 1.84. The number of rotatable bonds is 3. The summed E-state index contributed by atoms with van der Waals surface area (Å²) < 4.78 is 15.1. The van der Waals surface area contributed by atoms with Crippen molar-refractivity contribution < 1.29 is 4.39 Å². The Hall–Kier alpha value is -1.68. The van der Waals surface area contributed by atoms with Gasteiger partial charge in [0, 0.05) is 12.7 Å². The molecular formula is C12H14FN3. The highest BCUT2D eigenvalue weighted by Gasteiger charge is 2.03.